The van der Waals surface area contributed by atoms with Gasteiger partial charge in [0.1, 0.15) is 11.4 Å². The van der Waals surface area contributed by atoms with Crippen molar-refractivity contribution in [3.63, 3.8) is 0 Å². The summed E-state index contributed by atoms with van der Waals surface area (Å²) in [7, 11) is 0. The van der Waals surface area contributed by atoms with Gasteiger partial charge >= 0.3 is 11.9 Å². The van der Waals surface area contributed by atoms with Crippen LogP contribution in [0.2, 0.25) is 0 Å². The standard InChI is InChI=1S/C41H34Cl2N2O6/c42-17-9-7-15-41(16-8-10-18-43)33-23-29-27(21-35(37(29)46)44-50-39(48)25-11-3-1-4-12-25)19-31(33)32-20-28-22-36(38(47)30(28)24-34(32)41)45-51-40(49)26-13-5-2-6-14-26/h1-6,11-14,19-20,23-24H,7-10,15-18,21-22H2/b44-35-,45-36+. The number of ketones is 2. The van der Waals surface area contributed by atoms with Crippen LogP contribution in [-0.2, 0) is 27.9 Å². The van der Waals surface area contributed by atoms with Gasteiger partial charge in [-0.05, 0) is 108 Å². The molecule has 0 heterocycles. The molecule has 4 aromatic rings. The molecule has 7 rings (SSSR count). The Bertz CT molecular complexity index is 1960. The van der Waals surface area contributed by atoms with Crippen LogP contribution in [0.25, 0.3) is 11.1 Å². The number of Topliss-reactive ketones (excluding diaryl/α,β-unsaturated/α-hetero) is 2. The smallest absolute Gasteiger partial charge is 0.312 e. The lowest BCUT2D eigenvalue weighted by Gasteiger charge is -2.33. The summed E-state index contributed by atoms with van der Waals surface area (Å²) < 4.78 is 0. The lowest BCUT2D eigenvalue weighted by Crippen LogP contribution is -2.26. The van der Waals surface area contributed by atoms with E-state index in [1.165, 1.54) is 0 Å². The lowest BCUT2D eigenvalue weighted by molar-refractivity contribution is 0.0505. The normalized spacial score (nSPS) is 16.6. The van der Waals surface area contributed by atoms with E-state index in [9.17, 15) is 19.2 Å². The molecule has 0 bridgehead atoms. The molecule has 0 atom stereocenters. The number of rotatable bonds is 12. The zero-order chi connectivity index (χ0) is 35.5. The summed E-state index contributed by atoms with van der Waals surface area (Å²) in [4.78, 5) is 63.0. The summed E-state index contributed by atoms with van der Waals surface area (Å²) in [6, 6.07) is 25.1. The zero-order valence-electron chi connectivity index (χ0n) is 27.8. The number of alkyl halides is 2. The predicted molar refractivity (Wildman–Crippen MR) is 196 cm³/mol. The summed E-state index contributed by atoms with van der Waals surface area (Å²) in [5.41, 5.74) is 7.20. The van der Waals surface area contributed by atoms with Gasteiger partial charge in [0.15, 0.2) is 0 Å². The fraction of sp³-hybridized carbons (Fsp3) is 0.268. The highest BCUT2D eigenvalue weighted by Gasteiger charge is 2.46. The Balaban J connectivity index is 1.26. The van der Waals surface area contributed by atoms with Crippen LogP contribution in [0.4, 0.5) is 0 Å². The minimum absolute atomic E-state index is 0.165. The molecule has 51 heavy (non-hydrogen) atoms. The van der Waals surface area contributed by atoms with Crippen molar-refractivity contribution in [3.05, 3.63) is 129 Å². The summed E-state index contributed by atoms with van der Waals surface area (Å²) in [5.74, 6) is -0.783. The molecular formula is C41H34Cl2N2O6. The number of carbonyl (C=O) groups excluding carboxylic acids is 4. The molecule has 0 unspecified atom stereocenters. The fourth-order valence-electron chi connectivity index (χ4n) is 7.52. The molecule has 0 saturated carbocycles. The van der Waals surface area contributed by atoms with E-state index in [1.54, 1.807) is 60.7 Å². The van der Waals surface area contributed by atoms with E-state index in [0.717, 1.165) is 71.9 Å². The zero-order valence-corrected chi connectivity index (χ0v) is 29.3. The second kappa shape index (κ2) is 14.7. The van der Waals surface area contributed by atoms with Crippen LogP contribution < -0.4 is 0 Å². The van der Waals surface area contributed by atoms with Crippen molar-refractivity contribution in [2.45, 2.75) is 56.8 Å². The van der Waals surface area contributed by atoms with Gasteiger partial charge < -0.3 is 9.68 Å². The Kier molecular flexibility index (Phi) is 9.98. The maximum atomic E-state index is 13.7. The highest BCUT2D eigenvalue weighted by molar-refractivity contribution is 6.50. The number of nitrogens with zero attached hydrogens (tertiary/aromatic N) is 2. The average molecular weight is 722 g/mol. The number of halogens is 2. The molecule has 258 valence electrons. The van der Waals surface area contributed by atoms with Crippen LogP contribution in [0.5, 0.6) is 0 Å². The molecule has 0 amide bonds. The number of benzene rings is 4. The quantitative estimate of drug-likeness (QED) is 0.0627. The van der Waals surface area contributed by atoms with Gasteiger partial charge in [-0.2, -0.15) is 0 Å². The van der Waals surface area contributed by atoms with Gasteiger partial charge in [-0.25, -0.2) is 9.59 Å². The molecule has 4 aromatic carbocycles. The molecular weight excluding hydrogens is 687 g/mol. The SMILES string of the molecule is O=C(O/N=C1/Cc2cc3c(cc2C1=O)C(CCCCCl)(CCCCCl)c1cc2c(cc1-3)C/C(=N\OC(=O)c1ccccc1)C2=O)c1ccccc1. The number of fused-ring (bicyclic) bond motifs is 5. The van der Waals surface area contributed by atoms with Crippen LogP contribution in [0.1, 0.15) is 102 Å². The minimum atomic E-state index is -0.637. The Labute approximate surface area is 305 Å². The Morgan fingerprint density at radius 1 is 0.588 bits per heavy atom. The Hall–Kier alpha value is -4.92. The van der Waals surface area contributed by atoms with Crippen LogP contribution in [0, 0.1) is 0 Å². The maximum Gasteiger partial charge on any atom is 0.365 e. The van der Waals surface area contributed by atoms with Crippen molar-refractivity contribution in [1.29, 1.82) is 0 Å². The monoisotopic (exact) mass is 720 g/mol. The molecule has 0 aromatic heterocycles. The Morgan fingerprint density at radius 2 is 1.00 bits per heavy atom. The molecule has 8 nitrogen and oxygen atoms in total. The fourth-order valence-corrected chi connectivity index (χ4v) is 7.90. The minimum Gasteiger partial charge on any atom is -0.312 e. The average Bonchev–Trinajstić information content (AvgIpc) is 3.74. The van der Waals surface area contributed by atoms with Crippen molar-refractivity contribution in [2.24, 2.45) is 10.3 Å². The first-order chi connectivity index (χ1) is 24.8. The lowest BCUT2D eigenvalue weighted by atomic mass is 9.70. The van der Waals surface area contributed by atoms with Gasteiger partial charge in [0.2, 0.25) is 11.6 Å². The van der Waals surface area contributed by atoms with Crippen molar-refractivity contribution in [3.8, 4) is 11.1 Å². The third-order valence-electron chi connectivity index (χ3n) is 10.0. The highest BCUT2D eigenvalue weighted by atomic mass is 35.5. The highest BCUT2D eigenvalue weighted by Crippen LogP contribution is 2.56. The Morgan fingerprint density at radius 3 is 1.39 bits per heavy atom. The molecule has 10 heteroatoms. The predicted octanol–water partition coefficient (Wildman–Crippen LogP) is 8.67. The number of carbonyl (C=O) groups is 4. The van der Waals surface area contributed by atoms with Gasteiger partial charge in [0.05, 0.1) is 11.1 Å². The van der Waals surface area contributed by atoms with E-state index in [-0.39, 0.29) is 35.8 Å². The first-order valence-corrected chi connectivity index (χ1v) is 18.1. The maximum absolute atomic E-state index is 13.7. The largest absolute Gasteiger partial charge is 0.365 e. The topological polar surface area (TPSA) is 111 Å². The van der Waals surface area contributed by atoms with Crippen LogP contribution in [-0.4, -0.2) is 46.7 Å². The van der Waals surface area contributed by atoms with Crippen LogP contribution in [0.3, 0.4) is 0 Å². The van der Waals surface area contributed by atoms with Crippen LogP contribution >= 0.6 is 23.2 Å². The van der Waals surface area contributed by atoms with Gasteiger partial charge in [-0.15, -0.1) is 23.2 Å². The molecule has 0 N–H and O–H groups in total. The second-order valence-electron chi connectivity index (χ2n) is 13.1. The van der Waals surface area contributed by atoms with E-state index in [2.05, 4.69) is 10.3 Å². The number of oxime groups is 2. The number of unbranched alkanes of at least 4 members (excludes halogenated alkanes) is 2. The van der Waals surface area contributed by atoms with E-state index >= 15 is 0 Å². The van der Waals surface area contributed by atoms with Gasteiger partial charge in [0.25, 0.3) is 0 Å². The second-order valence-corrected chi connectivity index (χ2v) is 13.8. The molecule has 3 aliphatic carbocycles. The van der Waals surface area contributed by atoms with E-state index in [4.69, 9.17) is 32.9 Å². The summed E-state index contributed by atoms with van der Waals surface area (Å²) in [6.45, 7) is 0. The van der Waals surface area contributed by atoms with E-state index < -0.39 is 17.4 Å². The van der Waals surface area contributed by atoms with Crippen molar-refractivity contribution in [2.75, 3.05) is 11.8 Å². The molecule has 3 aliphatic rings. The van der Waals surface area contributed by atoms with Crippen molar-refractivity contribution in [1.82, 2.24) is 0 Å². The molecule has 0 fully saturated rings. The molecule has 0 radical (unpaired) electrons. The summed E-state index contributed by atoms with van der Waals surface area (Å²) in [5, 5.41) is 8.03. The number of hydrogen-bond acceptors (Lipinski definition) is 8. The third kappa shape index (κ3) is 6.54. The van der Waals surface area contributed by atoms with Gasteiger partial charge in [0, 0.05) is 41.1 Å². The first-order valence-electron chi connectivity index (χ1n) is 17.1. The summed E-state index contributed by atoms with van der Waals surface area (Å²) in [6.07, 6.45) is 5.25. The first kappa shape index (κ1) is 34.5. The van der Waals surface area contributed by atoms with Crippen molar-refractivity contribution >= 4 is 58.1 Å². The summed E-state index contributed by atoms with van der Waals surface area (Å²) >= 11 is 12.3. The molecule has 0 spiro atoms. The van der Waals surface area contributed by atoms with Gasteiger partial charge in [-0.1, -0.05) is 59.6 Å². The van der Waals surface area contributed by atoms with Gasteiger partial charge in [-0.3, -0.25) is 9.59 Å². The molecule has 0 aliphatic heterocycles. The third-order valence-corrected chi connectivity index (χ3v) is 10.5. The molecule has 0 saturated heterocycles. The van der Waals surface area contributed by atoms with Crippen molar-refractivity contribution < 1.29 is 28.9 Å². The number of hydrogen-bond donors (Lipinski definition) is 0. The van der Waals surface area contributed by atoms with E-state index in [0.29, 0.717) is 34.0 Å². The van der Waals surface area contributed by atoms with E-state index in [1.807, 2.05) is 24.3 Å². The van der Waals surface area contributed by atoms with Crippen LogP contribution in [0.15, 0.2) is 95.2 Å².